The summed E-state index contributed by atoms with van der Waals surface area (Å²) in [5.41, 5.74) is 2.44. The highest BCUT2D eigenvalue weighted by Gasteiger charge is 2.16. The van der Waals surface area contributed by atoms with Crippen molar-refractivity contribution in [1.82, 2.24) is 24.6 Å². The molecule has 7 nitrogen and oxygen atoms in total. The van der Waals surface area contributed by atoms with Crippen molar-refractivity contribution in [2.24, 2.45) is 7.05 Å². The molecule has 23 heavy (non-hydrogen) atoms. The number of hydrogen-bond acceptors (Lipinski definition) is 5. The van der Waals surface area contributed by atoms with Gasteiger partial charge in [-0.25, -0.2) is 9.97 Å². The van der Waals surface area contributed by atoms with E-state index in [-0.39, 0.29) is 5.91 Å². The van der Waals surface area contributed by atoms with Crippen molar-refractivity contribution in [1.29, 1.82) is 0 Å². The SMILES string of the molecule is Cc1nc(N(C)C)ncc1C(=O)N(C)CCCc1cnn(C)c1. The van der Waals surface area contributed by atoms with Gasteiger partial charge in [-0.15, -0.1) is 0 Å². The zero-order valence-electron chi connectivity index (χ0n) is 14.4. The molecule has 0 aliphatic heterocycles. The number of hydrogen-bond donors (Lipinski definition) is 0. The summed E-state index contributed by atoms with van der Waals surface area (Å²) in [4.78, 5) is 24.6. The summed E-state index contributed by atoms with van der Waals surface area (Å²) in [5, 5.41) is 4.15. The molecule has 0 radical (unpaired) electrons. The molecule has 2 aromatic heterocycles. The Balaban J connectivity index is 1.94. The number of aryl methyl sites for hydroxylation is 3. The van der Waals surface area contributed by atoms with E-state index in [1.807, 2.05) is 52.4 Å². The Morgan fingerprint density at radius 2 is 2.00 bits per heavy atom. The summed E-state index contributed by atoms with van der Waals surface area (Å²) in [7, 11) is 7.46. The Hall–Kier alpha value is -2.44. The van der Waals surface area contributed by atoms with Crippen molar-refractivity contribution >= 4 is 11.9 Å². The van der Waals surface area contributed by atoms with Crippen LogP contribution in [0.3, 0.4) is 0 Å². The average molecular weight is 316 g/mol. The Morgan fingerprint density at radius 3 is 2.57 bits per heavy atom. The first-order valence-corrected chi connectivity index (χ1v) is 7.62. The van der Waals surface area contributed by atoms with Gasteiger partial charge < -0.3 is 9.80 Å². The molecular weight excluding hydrogens is 292 g/mol. The summed E-state index contributed by atoms with van der Waals surface area (Å²) in [6.07, 6.45) is 7.27. The van der Waals surface area contributed by atoms with Gasteiger partial charge in [0.15, 0.2) is 0 Å². The topological polar surface area (TPSA) is 67.2 Å². The first kappa shape index (κ1) is 16.9. The smallest absolute Gasteiger partial charge is 0.257 e. The summed E-state index contributed by atoms with van der Waals surface area (Å²) >= 11 is 0. The largest absolute Gasteiger partial charge is 0.347 e. The quantitative estimate of drug-likeness (QED) is 0.803. The van der Waals surface area contributed by atoms with Gasteiger partial charge in [-0.05, 0) is 25.3 Å². The minimum atomic E-state index is -0.0426. The van der Waals surface area contributed by atoms with Crippen LogP contribution in [0.4, 0.5) is 5.95 Å². The van der Waals surface area contributed by atoms with Crippen LogP contribution >= 0.6 is 0 Å². The van der Waals surface area contributed by atoms with Crippen LogP contribution in [0.5, 0.6) is 0 Å². The van der Waals surface area contributed by atoms with Crippen LogP contribution in [0, 0.1) is 6.92 Å². The lowest BCUT2D eigenvalue weighted by Gasteiger charge is -2.18. The molecule has 0 unspecified atom stereocenters. The second-order valence-electron chi connectivity index (χ2n) is 5.92. The van der Waals surface area contributed by atoms with Crippen LogP contribution in [0.1, 0.15) is 28.0 Å². The van der Waals surface area contributed by atoms with Gasteiger partial charge in [0.05, 0.1) is 17.5 Å². The molecule has 2 heterocycles. The molecule has 0 spiro atoms. The van der Waals surface area contributed by atoms with E-state index in [0.717, 1.165) is 12.8 Å². The highest BCUT2D eigenvalue weighted by atomic mass is 16.2. The molecule has 0 atom stereocenters. The first-order chi connectivity index (χ1) is 10.9. The summed E-state index contributed by atoms with van der Waals surface area (Å²) in [6, 6.07) is 0. The van der Waals surface area contributed by atoms with E-state index in [9.17, 15) is 4.79 Å². The number of rotatable bonds is 6. The van der Waals surface area contributed by atoms with Crippen LogP contribution in [0.2, 0.25) is 0 Å². The molecule has 7 heteroatoms. The van der Waals surface area contributed by atoms with Crippen LogP contribution in [0.25, 0.3) is 0 Å². The third-order valence-electron chi connectivity index (χ3n) is 3.66. The van der Waals surface area contributed by atoms with Crippen molar-refractivity contribution in [3.63, 3.8) is 0 Å². The second-order valence-corrected chi connectivity index (χ2v) is 5.92. The van der Waals surface area contributed by atoms with Crippen molar-refractivity contribution in [2.75, 3.05) is 32.6 Å². The molecule has 1 amide bonds. The number of amides is 1. The predicted molar refractivity (Wildman–Crippen MR) is 89.6 cm³/mol. The highest BCUT2D eigenvalue weighted by Crippen LogP contribution is 2.12. The lowest BCUT2D eigenvalue weighted by atomic mass is 10.2. The molecule has 0 bridgehead atoms. The maximum Gasteiger partial charge on any atom is 0.257 e. The Labute approximate surface area is 137 Å². The van der Waals surface area contributed by atoms with E-state index >= 15 is 0 Å². The molecule has 2 rings (SSSR count). The van der Waals surface area contributed by atoms with E-state index in [2.05, 4.69) is 15.1 Å². The van der Waals surface area contributed by atoms with Gasteiger partial charge in [-0.1, -0.05) is 0 Å². The zero-order chi connectivity index (χ0) is 17.0. The van der Waals surface area contributed by atoms with E-state index in [1.165, 1.54) is 5.56 Å². The van der Waals surface area contributed by atoms with Crippen molar-refractivity contribution in [3.05, 3.63) is 35.4 Å². The molecule has 0 aromatic carbocycles. The fourth-order valence-electron chi connectivity index (χ4n) is 2.31. The van der Waals surface area contributed by atoms with Crippen molar-refractivity contribution in [2.45, 2.75) is 19.8 Å². The molecular formula is C16H24N6O. The molecule has 124 valence electrons. The highest BCUT2D eigenvalue weighted by molar-refractivity contribution is 5.94. The van der Waals surface area contributed by atoms with Gasteiger partial charge in [0, 0.05) is 47.1 Å². The molecule has 2 aromatic rings. The van der Waals surface area contributed by atoms with E-state index in [0.29, 0.717) is 23.8 Å². The lowest BCUT2D eigenvalue weighted by molar-refractivity contribution is 0.0792. The fourth-order valence-corrected chi connectivity index (χ4v) is 2.31. The maximum atomic E-state index is 12.5. The lowest BCUT2D eigenvalue weighted by Crippen LogP contribution is -2.29. The molecule has 0 aliphatic carbocycles. The standard InChI is InChI=1S/C16H24N6O/c1-12-14(10-17-16(19-12)20(2)3)15(23)21(4)8-6-7-13-9-18-22(5)11-13/h9-11H,6-8H2,1-5H3. The monoisotopic (exact) mass is 316 g/mol. The van der Waals surface area contributed by atoms with E-state index in [1.54, 1.807) is 15.8 Å². The normalized spacial score (nSPS) is 10.7. The Morgan fingerprint density at radius 1 is 1.26 bits per heavy atom. The maximum absolute atomic E-state index is 12.5. The summed E-state index contributed by atoms with van der Waals surface area (Å²) in [6.45, 7) is 2.52. The van der Waals surface area contributed by atoms with Gasteiger partial charge in [0.2, 0.25) is 5.95 Å². The second kappa shape index (κ2) is 7.21. The molecule has 0 aliphatic rings. The number of carbonyl (C=O) groups excluding carboxylic acids is 1. The molecule has 0 saturated heterocycles. The molecule has 0 N–H and O–H groups in total. The van der Waals surface area contributed by atoms with Crippen molar-refractivity contribution < 1.29 is 4.79 Å². The third-order valence-corrected chi connectivity index (χ3v) is 3.66. The summed E-state index contributed by atoms with van der Waals surface area (Å²) < 4.78 is 1.79. The van der Waals surface area contributed by atoms with Crippen LogP contribution < -0.4 is 4.90 Å². The fraction of sp³-hybridized carbons (Fsp3) is 0.500. The summed E-state index contributed by atoms with van der Waals surface area (Å²) in [5.74, 6) is 0.567. The number of nitrogens with zero attached hydrogens (tertiary/aromatic N) is 6. The predicted octanol–water partition coefficient (Wildman–Crippen LogP) is 1.29. The first-order valence-electron chi connectivity index (χ1n) is 7.62. The number of carbonyl (C=O) groups is 1. The van der Waals surface area contributed by atoms with E-state index < -0.39 is 0 Å². The minimum Gasteiger partial charge on any atom is -0.347 e. The van der Waals surface area contributed by atoms with Gasteiger partial charge in [-0.3, -0.25) is 9.48 Å². The molecule has 0 saturated carbocycles. The van der Waals surface area contributed by atoms with Gasteiger partial charge >= 0.3 is 0 Å². The molecule has 0 fully saturated rings. The number of aromatic nitrogens is 4. The van der Waals surface area contributed by atoms with Gasteiger partial charge in [-0.2, -0.15) is 5.10 Å². The zero-order valence-corrected chi connectivity index (χ0v) is 14.4. The van der Waals surface area contributed by atoms with Crippen LogP contribution in [0.15, 0.2) is 18.6 Å². The number of anilines is 1. The van der Waals surface area contributed by atoms with Gasteiger partial charge in [0.25, 0.3) is 5.91 Å². The minimum absolute atomic E-state index is 0.0426. The van der Waals surface area contributed by atoms with Gasteiger partial charge in [0.1, 0.15) is 0 Å². The average Bonchev–Trinajstić information content (AvgIpc) is 2.91. The van der Waals surface area contributed by atoms with Crippen molar-refractivity contribution in [3.8, 4) is 0 Å². The Bertz CT molecular complexity index is 679. The van der Waals surface area contributed by atoms with E-state index in [4.69, 9.17) is 0 Å². The Kier molecular flexibility index (Phi) is 5.31. The third kappa shape index (κ3) is 4.28. The van der Waals surface area contributed by atoms with Crippen LogP contribution in [-0.2, 0) is 13.5 Å². The van der Waals surface area contributed by atoms with Crippen LogP contribution in [-0.4, -0.2) is 58.2 Å².